The summed E-state index contributed by atoms with van der Waals surface area (Å²) in [5, 5.41) is 3.32. The van der Waals surface area contributed by atoms with Crippen molar-refractivity contribution in [2.75, 3.05) is 30.7 Å². The first-order chi connectivity index (χ1) is 9.16. The highest BCUT2D eigenvalue weighted by Gasteiger charge is 2.12. The fourth-order valence-corrected chi connectivity index (χ4v) is 2.33. The van der Waals surface area contributed by atoms with Crippen LogP contribution in [0.2, 0.25) is 0 Å². The van der Waals surface area contributed by atoms with Crippen LogP contribution in [0.5, 0.6) is 0 Å². The summed E-state index contributed by atoms with van der Waals surface area (Å²) in [6.07, 6.45) is 6.54. The van der Waals surface area contributed by atoms with E-state index in [1.807, 2.05) is 6.92 Å². The third-order valence-electron chi connectivity index (χ3n) is 3.48. The van der Waals surface area contributed by atoms with Crippen LogP contribution in [0.15, 0.2) is 18.5 Å². The molecule has 1 aliphatic rings. The average molecular weight is 261 g/mol. The number of hydrogen-bond acceptors (Lipinski definition) is 5. The molecule has 0 unspecified atom stereocenters. The van der Waals surface area contributed by atoms with Gasteiger partial charge in [0.2, 0.25) is 5.95 Å². The van der Waals surface area contributed by atoms with Crippen molar-refractivity contribution in [3.8, 4) is 0 Å². The average Bonchev–Trinajstić information content (AvgIpc) is 2.40. The number of aryl methyl sites for hydroxylation is 1. The summed E-state index contributed by atoms with van der Waals surface area (Å²) in [5.74, 6) is 1.16. The molecule has 0 amide bonds. The van der Waals surface area contributed by atoms with E-state index in [9.17, 15) is 0 Å². The fraction of sp³-hybridized carbons (Fsp3) is 0.571. The SMILES string of the molecule is C=C1CCCCN1CCCNc1nc(N)ncc1C. The summed E-state index contributed by atoms with van der Waals surface area (Å²) >= 11 is 0. The van der Waals surface area contributed by atoms with Crippen molar-refractivity contribution >= 4 is 11.8 Å². The molecular formula is C14H23N5. The third-order valence-corrected chi connectivity index (χ3v) is 3.48. The third kappa shape index (κ3) is 3.84. The van der Waals surface area contributed by atoms with E-state index < -0.39 is 0 Å². The van der Waals surface area contributed by atoms with Gasteiger partial charge in [0.25, 0.3) is 0 Å². The number of allylic oxidation sites excluding steroid dienone is 1. The minimum Gasteiger partial charge on any atom is -0.375 e. The van der Waals surface area contributed by atoms with Gasteiger partial charge < -0.3 is 16.0 Å². The number of aromatic nitrogens is 2. The Kier molecular flexibility index (Phi) is 4.60. The lowest BCUT2D eigenvalue weighted by atomic mass is 10.1. The van der Waals surface area contributed by atoms with Gasteiger partial charge in [-0.05, 0) is 32.6 Å². The highest BCUT2D eigenvalue weighted by molar-refractivity contribution is 5.44. The fourth-order valence-electron chi connectivity index (χ4n) is 2.33. The maximum Gasteiger partial charge on any atom is 0.221 e. The summed E-state index contributed by atoms with van der Waals surface area (Å²) in [5.41, 5.74) is 7.90. The number of nitrogens with one attached hydrogen (secondary N) is 1. The van der Waals surface area contributed by atoms with Gasteiger partial charge in [0.15, 0.2) is 0 Å². The lowest BCUT2D eigenvalue weighted by Gasteiger charge is -2.31. The summed E-state index contributed by atoms with van der Waals surface area (Å²) in [4.78, 5) is 10.5. The predicted octanol–water partition coefficient (Wildman–Crippen LogP) is 2.17. The number of likely N-dealkylation sites (tertiary alicyclic amines) is 1. The van der Waals surface area contributed by atoms with Crippen molar-refractivity contribution in [1.29, 1.82) is 0 Å². The summed E-state index contributed by atoms with van der Waals surface area (Å²) in [6.45, 7) is 9.21. The number of nitrogens with zero attached hydrogens (tertiary/aromatic N) is 3. The van der Waals surface area contributed by atoms with Crippen LogP contribution in [0, 0.1) is 6.92 Å². The molecule has 1 fully saturated rings. The highest BCUT2D eigenvalue weighted by atomic mass is 15.1. The molecule has 1 aliphatic heterocycles. The molecule has 3 N–H and O–H groups in total. The van der Waals surface area contributed by atoms with Gasteiger partial charge in [-0.1, -0.05) is 6.58 Å². The van der Waals surface area contributed by atoms with Crippen LogP contribution in [0.4, 0.5) is 11.8 Å². The van der Waals surface area contributed by atoms with Crippen LogP contribution in [0.25, 0.3) is 0 Å². The van der Waals surface area contributed by atoms with E-state index in [1.54, 1.807) is 6.20 Å². The maximum absolute atomic E-state index is 5.58. The number of hydrogen-bond donors (Lipinski definition) is 2. The monoisotopic (exact) mass is 261 g/mol. The number of rotatable bonds is 5. The summed E-state index contributed by atoms with van der Waals surface area (Å²) < 4.78 is 0. The molecule has 2 rings (SSSR count). The first-order valence-corrected chi connectivity index (χ1v) is 6.92. The predicted molar refractivity (Wildman–Crippen MR) is 78.9 cm³/mol. The highest BCUT2D eigenvalue weighted by Crippen LogP contribution is 2.18. The van der Waals surface area contributed by atoms with E-state index in [0.717, 1.165) is 43.9 Å². The molecule has 0 bridgehead atoms. The Balaban J connectivity index is 1.74. The van der Waals surface area contributed by atoms with Gasteiger partial charge in [-0.3, -0.25) is 0 Å². The van der Waals surface area contributed by atoms with Crippen LogP contribution in [-0.4, -0.2) is 34.5 Å². The van der Waals surface area contributed by atoms with Crippen LogP contribution in [-0.2, 0) is 0 Å². The van der Waals surface area contributed by atoms with E-state index in [4.69, 9.17) is 5.73 Å². The van der Waals surface area contributed by atoms with Gasteiger partial charge in [-0.2, -0.15) is 4.98 Å². The zero-order valence-electron chi connectivity index (χ0n) is 11.7. The van der Waals surface area contributed by atoms with Crippen molar-refractivity contribution in [2.45, 2.75) is 32.6 Å². The van der Waals surface area contributed by atoms with Crippen LogP contribution in [0.3, 0.4) is 0 Å². The molecule has 0 atom stereocenters. The minimum atomic E-state index is 0.317. The van der Waals surface area contributed by atoms with Crippen LogP contribution < -0.4 is 11.1 Å². The molecule has 0 radical (unpaired) electrons. The Morgan fingerprint density at radius 2 is 2.32 bits per heavy atom. The molecule has 1 aromatic heterocycles. The molecule has 5 heteroatoms. The quantitative estimate of drug-likeness (QED) is 0.795. The minimum absolute atomic E-state index is 0.317. The molecule has 0 aromatic carbocycles. The lowest BCUT2D eigenvalue weighted by molar-refractivity contribution is 0.291. The van der Waals surface area contributed by atoms with Crippen molar-refractivity contribution in [1.82, 2.24) is 14.9 Å². The first-order valence-electron chi connectivity index (χ1n) is 6.92. The van der Waals surface area contributed by atoms with E-state index in [1.165, 1.54) is 18.5 Å². The van der Waals surface area contributed by atoms with Gasteiger partial charge in [-0.25, -0.2) is 4.98 Å². The maximum atomic E-state index is 5.58. The molecule has 0 spiro atoms. The second kappa shape index (κ2) is 6.41. The van der Waals surface area contributed by atoms with E-state index in [0.29, 0.717) is 5.95 Å². The van der Waals surface area contributed by atoms with Crippen molar-refractivity contribution < 1.29 is 0 Å². The van der Waals surface area contributed by atoms with E-state index in [2.05, 4.69) is 26.8 Å². The second-order valence-corrected chi connectivity index (χ2v) is 5.05. The van der Waals surface area contributed by atoms with E-state index in [-0.39, 0.29) is 0 Å². The van der Waals surface area contributed by atoms with Gasteiger partial charge in [0.05, 0.1) is 0 Å². The van der Waals surface area contributed by atoms with Gasteiger partial charge in [0, 0.05) is 37.1 Å². The largest absolute Gasteiger partial charge is 0.375 e. The van der Waals surface area contributed by atoms with E-state index >= 15 is 0 Å². The smallest absolute Gasteiger partial charge is 0.221 e. The van der Waals surface area contributed by atoms with Gasteiger partial charge in [0.1, 0.15) is 5.82 Å². The molecule has 0 aliphatic carbocycles. The zero-order chi connectivity index (χ0) is 13.7. The second-order valence-electron chi connectivity index (χ2n) is 5.05. The Labute approximate surface area is 114 Å². The summed E-state index contributed by atoms with van der Waals surface area (Å²) in [6, 6.07) is 0. The van der Waals surface area contributed by atoms with Gasteiger partial charge >= 0.3 is 0 Å². The number of nitrogens with two attached hydrogens (primary N) is 1. The van der Waals surface area contributed by atoms with Crippen molar-refractivity contribution in [2.24, 2.45) is 0 Å². The molecule has 104 valence electrons. The Morgan fingerprint density at radius 3 is 3.11 bits per heavy atom. The first kappa shape index (κ1) is 13.6. The standard InChI is InChI=1S/C14H23N5/c1-11-10-17-14(15)18-13(11)16-7-5-9-19-8-4-3-6-12(19)2/h10H,2-9H2,1H3,(H3,15,16,17,18). The summed E-state index contributed by atoms with van der Waals surface area (Å²) in [7, 11) is 0. The van der Waals surface area contributed by atoms with Crippen molar-refractivity contribution in [3.05, 3.63) is 24.0 Å². The Bertz CT molecular complexity index is 443. The Morgan fingerprint density at radius 1 is 1.47 bits per heavy atom. The van der Waals surface area contributed by atoms with Gasteiger partial charge in [-0.15, -0.1) is 0 Å². The van der Waals surface area contributed by atoms with Crippen LogP contribution in [0.1, 0.15) is 31.2 Å². The molecule has 5 nitrogen and oxygen atoms in total. The molecule has 2 heterocycles. The molecular weight excluding hydrogens is 238 g/mol. The molecule has 1 aromatic rings. The Hall–Kier alpha value is -1.78. The zero-order valence-corrected chi connectivity index (χ0v) is 11.7. The normalized spacial score (nSPS) is 15.6. The lowest BCUT2D eigenvalue weighted by Crippen LogP contribution is -2.29. The molecule has 1 saturated heterocycles. The number of anilines is 2. The van der Waals surface area contributed by atoms with Crippen LogP contribution >= 0.6 is 0 Å². The van der Waals surface area contributed by atoms with Crippen molar-refractivity contribution in [3.63, 3.8) is 0 Å². The topological polar surface area (TPSA) is 67.1 Å². The number of piperidine rings is 1. The molecule has 0 saturated carbocycles. The molecule has 19 heavy (non-hydrogen) atoms. The number of nitrogen functional groups attached to an aromatic ring is 1.